The highest BCUT2D eigenvalue weighted by molar-refractivity contribution is 9.10. The van der Waals surface area contributed by atoms with Gasteiger partial charge in [0.2, 0.25) is 0 Å². The lowest BCUT2D eigenvalue weighted by Gasteiger charge is -2.03. The molecule has 1 aromatic heterocycles. The van der Waals surface area contributed by atoms with Gasteiger partial charge in [-0.15, -0.1) is 0 Å². The van der Waals surface area contributed by atoms with Crippen LogP contribution in [0.15, 0.2) is 65.1 Å². The van der Waals surface area contributed by atoms with Crippen LogP contribution in [0.4, 0.5) is 0 Å². The van der Waals surface area contributed by atoms with E-state index in [4.69, 9.17) is 4.98 Å². The summed E-state index contributed by atoms with van der Waals surface area (Å²) in [4.78, 5) is 4.69. The molecule has 0 amide bonds. The van der Waals surface area contributed by atoms with Crippen molar-refractivity contribution in [3.8, 4) is 0 Å². The zero-order valence-corrected chi connectivity index (χ0v) is 11.4. The smallest absolute Gasteiger partial charge is 0.0706 e. The number of benzene rings is 2. The zero-order chi connectivity index (χ0) is 12.4. The van der Waals surface area contributed by atoms with Crippen molar-refractivity contribution in [2.24, 2.45) is 0 Å². The summed E-state index contributed by atoms with van der Waals surface area (Å²) in [5.74, 6) is 0. The molecule has 2 heteroatoms. The van der Waals surface area contributed by atoms with Crippen LogP contribution in [0.2, 0.25) is 0 Å². The van der Waals surface area contributed by atoms with Crippen LogP contribution in [0, 0.1) is 0 Å². The minimum atomic E-state index is 0.882. The van der Waals surface area contributed by atoms with Gasteiger partial charge < -0.3 is 0 Å². The van der Waals surface area contributed by atoms with Crippen molar-refractivity contribution in [1.82, 2.24) is 4.98 Å². The molecule has 1 nitrogen and oxygen atoms in total. The van der Waals surface area contributed by atoms with Crippen molar-refractivity contribution in [1.29, 1.82) is 0 Å². The van der Waals surface area contributed by atoms with Crippen LogP contribution in [0.25, 0.3) is 10.9 Å². The second-order valence-electron chi connectivity index (χ2n) is 4.30. The maximum atomic E-state index is 4.69. The Bertz CT molecular complexity index is 677. The molecular weight excluding hydrogens is 286 g/mol. The van der Waals surface area contributed by atoms with Crippen molar-refractivity contribution >= 4 is 26.8 Å². The third kappa shape index (κ3) is 2.44. The third-order valence-electron chi connectivity index (χ3n) is 2.94. The average Bonchev–Trinajstić information content (AvgIpc) is 2.40. The van der Waals surface area contributed by atoms with E-state index in [0.717, 1.165) is 22.1 Å². The molecule has 0 N–H and O–H groups in total. The van der Waals surface area contributed by atoms with Gasteiger partial charge in [0.1, 0.15) is 0 Å². The summed E-state index contributed by atoms with van der Waals surface area (Å²) in [6.45, 7) is 0. The standard InChI is InChI=1S/C16H12BrN/c17-14-7-9-16-13(11-14)6-8-15(18-16)10-12-4-2-1-3-5-12/h1-9,11H,10H2. The van der Waals surface area contributed by atoms with Crippen LogP contribution in [-0.2, 0) is 6.42 Å². The number of hydrogen-bond donors (Lipinski definition) is 0. The normalized spacial score (nSPS) is 10.7. The van der Waals surface area contributed by atoms with Gasteiger partial charge in [-0.3, -0.25) is 4.98 Å². The molecule has 0 saturated carbocycles. The van der Waals surface area contributed by atoms with Crippen molar-refractivity contribution in [2.45, 2.75) is 6.42 Å². The molecule has 18 heavy (non-hydrogen) atoms. The van der Waals surface area contributed by atoms with Gasteiger partial charge in [0.05, 0.1) is 5.52 Å². The van der Waals surface area contributed by atoms with Crippen LogP contribution in [0.5, 0.6) is 0 Å². The Balaban J connectivity index is 1.96. The number of rotatable bonds is 2. The van der Waals surface area contributed by atoms with E-state index < -0.39 is 0 Å². The van der Waals surface area contributed by atoms with Crippen LogP contribution >= 0.6 is 15.9 Å². The first kappa shape index (κ1) is 11.4. The van der Waals surface area contributed by atoms with E-state index in [1.165, 1.54) is 10.9 Å². The summed E-state index contributed by atoms with van der Waals surface area (Å²) in [6, 6.07) is 20.8. The molecule has 0 saturated heterocycles. The van der Waals surface area contributed by atoms with E-state index in [1.807, 2.05) is 18.2 Å². The highest BCUT2D eigenvalue weighted by Gasteiger charge is 2.00. The predicted octanol–water partition coefficient (Wildman–Crippen LogP) is 4.59. The summed E-state index contributed by atoms with van der Waals surface area (Å²) < 4.78 is 1.09. The van der Waals surface area contributed by atoms with Gasteiger partial charge in [-0.2, -0.15) is 0 Å². The Hall–Kier alpha value is -1.67. The molecule has 0 bridgehead atoms. The molecule has 1 heterocycles. The molecule has 0 atom stereocenters. The summed E-state index contributed by atoms with van der Waals surface area (Å²) >= 11 is 3.48. The van der Waals surface area contributed by atoms with Crippen LogP contribution < -0.4 is 0 Å². The van der Waals surface area contributed by atoms with Crippen molar-refractivity contribution in [3.63, 3.8) is 0 Å². The quantitative estimate of drug-likeness (QED) is 0.674. The molecule has 88 valence electrons. The SMILES string of the molecule is Brc1ccc2nc(Cc3ccccc3)ccc2c1. The number of hydrogen-bond acceptors (Lipinski definition) is 1. The van der Waals surface area contributed by atoms with E-state index in [9.17, 15) is 0 Å². The summed E-state index contributed by atoms with van der Waals surface area (Å²) in [7, 11) is 0. The number of aromatic nitrogens is 1. The van der Waals surface area contributed by atoms with Crippen molar-refractivity contribution in [2.75, 3.05) is 0 Å². The maximum absolute atomic E-state index is 4.69. The minimum absolute atomic E-state index is 0.882. The molecular formula is C16H12BrN. The second kappa shape index (κ2) is 4.91. The largest absolute Gasteiger partial charge is 0.252 e. The Morgan fingerprint density at radius 1 is 0.889 bits per heavy atom. The summed E-state index contributed by atoms with van der Waals surface area (Å²) in [5.41, 5.74) is 3.45. The van der Waals surface area contributed by atoms with Gasteiger partial charge in [0, 0.05) is 22.0 Å². The number of pyridine rings is 1. The van der Waals surface area contributed by atoms with E-state index in [2.05, 4.69) is 58.4 Å². The highest BCUT2D eigenvalue weighted by Crippen LogP contribution is 2.19. The molecule has 3 aromatic rings. The van der Waals surface area contributed by atoms with Gasteiger partial charge in [0.25, 0.3) is 0 Å². The molecule has 0 unspecified atom stereocenters. The molecule has 2 aromatic carbocycles. The molecule has 0 aliphatic rings. The molecule has 0 spiro atoms. The zero-order valence-electron chi connectivity index (χ0n) is 9.81. The Morgan fingerprint density at radius 3 is 2.56 bits per heavy atom. The first-order chi connectivity index (χ1) is 8.81. The van der Waals surface area contributed by atoms with Crippen LogP contribution in [-0.4, -0.2) is 4.98 Å². The molecule has 3 rings (SSSR count). The number of halogens is 1. The first-order valence-electron chi connectivity index (χ1n) is 5.90. The van der Waals surface area contributed by atoms with E-state index in [0.29, 0.717) is 0 Å². The van der Waals surface area contributed by atoms with Gasteiger partial charge in [-0.25, -0.2) is 0 Å². The number of nitrogens with zero attached hydrogens (tertiary/aromatic N) is 1. The predicted molar refractivity (Wildman–Crippen MR) is 78.7 cm³/mol. The van der Waals surface area contributed by atoms with Crippen molar-refractivity contribution < 1.29 is 0 Å². The monoisotopic (exact) mass is 297 g/mol. The fourth-order valence-corrected chi connectivity index (χ4v) is 2.42. The molecule has 0 fully saturated rings. The van der Waals surface area contributed by atoms with Gasteiger partial charge in [0.15, 0.2) is 0 Å². The van der Waals surface area contributed by atoms with Crippen LogP contribution in [0.1, 0.15) is 11.3 Å². The summed E-state index contributed by atoms with van der Waals surface area (Å²) in [6.07, 6.45) is 0.882. The van der Waals surface area contributed by atoms with Gasteiger partial charge in [-0.05, 0) is 29.8 Å². The lowest BCUT2D eigenvalue weighted by atomic mass is 10.1. The third-order valence-corrected chi connectivity index (χ3v) is 3.43. The Morgan fingerprint density at radius 2 is 1.72 bits per heavy atom. The van der Waals surface area contributed by atoms with Gasteiger partial charge >= 0.3 is 0 Å². The lowest BCUT2D eigenvalue weighted by Crippen LogP contribution is -1.92. The second-order valence-corrected chi connectivity index (χ2v) is 5.22. The summed E-state index contributed by atoms with van der Waals surface area (Å²) in [5, 5.41) is 1.17. The number of fused-ring (bicyclic) bond motifs is 1. The first-order valence-corrected chi connectivity index (χ1v) is 6.70. The average molecular weight is 298 g/mol. The molecule has 0 aliphatic heterocycles. The minimum Gasteiger partial charge on any atom is -0.252 e. The topological polar surface area (TPSA) is 12.9 Å². The molecule has 0 aliphatic carbocycles. The Kier molecular flexibility index (Phi) is 3.11. The lowest BCUT2D eigenvalue weighted by molar-refractivity contribution is 1.10. The van der Waals surface area contributed by atoms with Gasteiger partial charge in [-0.1, -0.05) is 52.3 Å². The maximum Gasteiger partial charge on any atom is 0.0706 e. The van der Waals surface area contributed by atoms with E-state index >= 15 is 0 Å². The van der Waals surface area contributed by atoms with E-state index in [1.54, 1.807) is 0 Å². The Labute approximate surface area is 115 Å². The van der Waals surface area contributed by atoms with E-state index in [-0.39, 0.29) is 0 Å². The fraction of sp³-hybridized carbons (Fsp3) is 0.0625. The van der Waals surface area contributed by atoms with Crippen LogP contribution in [0.3, 0.4) is 0 Å². The fourth-order valence-electron chi connectivity index (χ4n) is 2.04. The highest BCUT2D eigenvalue weighted by atomic mass is 79.9. The van der Waals surface area contributed by atoms with Crippen molar-refractivity contribution in [3.05, 3.63) is 76.4 Å². The molecule has 0 radical (unpaired) electrons.